The van der Waals surface area contributed by atoms with Crippen molar-refractivity contribution in [2.75, 3.05) is 31.2 Å². The lowest BCUT2D eigenvalue weighted by molar-refractivity contribution is 0.238. The molecule has 0 bridgehead atoms. The molecule has 4 N–H and O–H groups in total. The normalized spacial score (nSPS) is 12.2. The maximum atomic E-state index is 11.7. The molecule has 0 fully saturated rings. The molecule has 0 heterocycles. The van der Waals surface area contributed by atoms with E-state index in [1.54, 1.807) is 18.2 Å². The summed E-state index contributed by atoms with van der Waals surface area (Å²) in [5.74, 6) is 0. The molecule has 5 heteroatoms. The highest BCUT2D eigenvalue weighted by Crippen LogP contribution is 2.11. The largest absolute Gasteiger partial charge is 0.399 e. The lowest BCUT2D eigenvalue weighted by Crippen LogP contribution is -2.38. The fourth-order valence-electron chi connectivity index (χ4n) is 1.67. The fourth-order valence-corrected chi connectivity index (χ4v) is 1.67. The second-order valence-corrected chi connectivity index (χ2v) is 4.74. The molecule has 0 aliphatic heterocycles. The number of nitrogen functional groups attached to an aromatic ring is 1. The first-order valence-electron chi connectivity index (χ1n) is 6.63. The van der Waals surface area contributed by atoms with E-state index in [9.17, 15) is 4.79 Å². The van der Waals surface area contributed by atoms with E-state index in [2.05, 4.69) is 36.4 Å². The van der Waals surface area contributed by atoms with Crippen molar-refractivity contribution in [3.63, 3.8) is 0 Å². The molecule has 0 spiro atoms. The standard InChI is InChI=1S/C14H24N4O/c1-4-11(2)18(3)9-8-16-14(19)17-13-7-5-6-12(15)10-13/h5-7,10-11H,4,8-9,15H2,1-3H3,(H2,16,17,19). The minimum absolute atomic E-state index is 0.205. The Morgan fingerprint density at radius 2 is 2.21 bits per heavy atom. The SMILES string of the molecule is CCC(C)N(C)CCNC(=O)Nc1cccc(N)c1. The molecular weight excluding hydrogens is 240 g/mol. The van der Waals surface area contributed by atoms with Gasteiger partial charge in [0.25, 0.3) is 0 Å². The van der Waals surface area contributed by atoms with Crippen LogP contribution in [-0.2, 0) is 0 Å². The van der Waals surface area contributed by atoms with Crippen molar-refractivity contribution < 1.29 is 4.79 Å². The topological polar surface area (TPSA) is 70.4 Å². The van der Waals surface area contributed by atoms with Gasteiger partial charge in [-0.2, -0.15) is 0 Å². The van der Waals surface area contributed by atoms with Crippen LogP contribution in [0.3, 0.4) is 0 Å². The Bertz CT molecular complexity index is 408. The Morgan fingerprint density at radius 3 is 2.84 bits per heavy atom. The molecule has 2 amide bonds. The number of urea groups is 1. The van der Waals surface area contributed by atoms with E-state index in [-0.39, 0.29) is 6.03 Å². The summed E-state index contributed by atoms with van der Waals surface area (Å²) >= 11 is 0. The smallest absolute Gasteiger partial charge is 0.319 e. The maximum Gasteiger partial charge on any atom is 0.319 e. The van der Waals surface area contributed by atoms with Gasteiger partial charge in [0.15, 0.2) is 0 Å². The number of carbonyl (C=O) groups is 1. The minimum atomic E-state index is -0.205. The van der Waals surface area contributed by atoms with Crippen LogP contribution in [-0.4, -0.2) is 37.1 Å². The van der Waals surface area contributed by atoms with Crippen LogP contribution in [0.1, 0.15) is 20.3 Å². The Balaban J connectivity index is 2.29. The molecule has 1 aromatic carbocycles. The summed E-state index contributed by atoms with van der Waals surface area (Å²) in [6.07, 6.45) is 1.10. The monoisotopic (exact) mass is 264 g/mol. The number of hydrogen-bond donors (Lipinski definition) is 3. The lowest BCUT2D eigenvalue weighted by Gasteiger charge is -2.23. The van der Waals surface area contributed by atoms with Crippen molar-refractivity contribution >= 4 is 17.4 Å². The van der Waals surface area contributed by atoms with Gasteiger partial charge in [-0.25, -0.2) is 4.79 Å². The van der Waals surface area contributed by atoms with E-state index in [4.69, 9.17) is 5.73 Å². The zero-order valence-corrected chi connectivity index (χ0v) is 11.9. The molecule has 0 radical (unpaired) electrons. The molecule has 0 aliphatic rings. The Hall–Kier alpha value is -1.75. The van der Waals surface area contributed by atoms with Crippen LogP contribution in [0.15, 0.2) is 24.3 Å². The number of nitrogens with zero attached hydrogens (tertiary/aromatic N) is 1. The fraction of sp³-hybridized carbons (Fsp3) is 0.500. The molecule has 1 aromatic rings. The number of hydrogen-bond acceptors (Lipinski definition) is 3. The molecule has 0 aliphatic carbocycles. The predicted molar refractivity (Wildman–Crippen MR) is 80.3 cm³/mol. The average Bonchev–Trinajstić information content (AvgIpc) is 2.37. The van der Waals surface area contributed by atoms with Gasteiger partial charge in [-0.1, -0.05) is 13.0 Å². The summed E-state index contributed by atoms with van der Waals surface area (Å²) < 4.78 is 0. The number of nitrogens with two attached hydrogens (primary N) is 1. The van der Waals surface area contributed by atoms with Crippen molar-refractivity contribution in [1.82, 2.24) is 10.2 Å². The van der Waals surface area contributed by atoms with Gasteiger partial charge >= 0.3 is 6.03 Å². The van der Waals surface area contributed by atoms with Crippen LogP contribution < -0.4 is 16.4 Å². The molecule has 0 saturated heterocycles. The van der Waals surface area contributed by atoms with Crippen LogP contribution in [0.4, 0.5) is 16.2 Å². The van der Waals surface area contributed by atoms with E-state index in [1.165, 1.54) is 0 Å². The zero-order chi connectivity index (χ0) is 14.3. The Kier molecular flexibility index (Phi) is 6.15. The first-order valence-corrected chi connectivity index (χ1v) is 6.63. The molecule has 1 atom stereocenters. The number of likely N-dealkylation sites (N-methyl/N-ethyl adjacent to an activating group) is 1. The van der Waals surface area contributed by atoms with Crippen LogP contribution in [0, 0.1) is 0 Å². The maximum absolute atomic E-state index is 11.7. The van der Waals surface area contributed by atoms with Gasteiger partial charge < -0.3 is 21.3 Å². The van der Waals surface area contributed by atoms with E-state index in [0.717, 1.165) is 13.0 Å². The highest BCUT2D eigenvalue weighted by molar-refractivity contribution is 5.89. The summed E-state index contributed by atoms with van der Waals surface area (Å²) in [6, 6.07) is 7.44. The van der Waals surface area contributed by atoms with Crippen molar-refractivity contribution in [3.8, 4) is 0 Å². The molecule has 0 saturated carbocycles. The van der Waals surface area contributed by atoms with E-state index < -0.39 is 0 Å². The average molecular weight is 264 g/mol. The molecule has 0 aromatic heterocycles. The first kappa shape index (κ1) is 15.3. The second-order valence-electron chi connectivity index (χ2n) is 4.74. The first-order chi connectivity index (χ1) is 9.02. The third-order valence-corrected chi connectivity index (χ3v) is 3.24. The number of amides is 2. The third kappa shape index (κ3) is 5.61. The molecule has 1 rings (SSSR count). The van der Waals surface area contributed by atoms with Crippen LogP contribution in [0.2, 0.25) is 0 Å². The number of anilines is 2. The Morgan fingerprint density at radius 1 is 1.47 bits per heavy atom. The highest BCUT2D eigenvalue weighted by Gasteiger charge is 2.07. The van der Waals surface area contributed by atoms with Gasteiger partial charge in [0.05, 0.1) is 0 Å². The van der Waals surface area contributed by atoms with Gasteiger partial charge in [0.1, 0.15) is 0 Å². The van der Waals surface area contributed by atoms with Gasteiger partial charge in [0.2, 0.25) is 0 Å². The van der Waals surface area contributed by atoms with Gasteiger partial charge in [-0.05, 0) is 38.6 Å². The lowest BCUT2D eigenvalue weighted by atomic mass is 10.2. The van der Waals surface area contributed by atoms with Crippen LogP contribution >= 0.6 is 0 Å². The minimum Gasteiger partial charge on any atom is -0.399 e. The summed E-state index contributed by atoms with van der Waals surface area (Å²) in [6.45, 7) is 5.78. The van der Waals surface area contributed by atoms with Crippen LogP contribution in [0.25, 0.3) is 0 Å². The molecule has 1 unspecified atom stereocenters. The summed E-state index contributed by atoms with van der Waals surface area (Å²) in [5.41, 5.74) is 6.98. The van der Waals surface area contributed by atoms with Crippen molar-refractivity contribution in [2.24, 2.45) is 0 Å². The van der Waals surface area contributed by atoms with E-state index in [0.29, 0.717) is 24.0 Å². The van der Waals surface area contributed by atoms with E-state index >= 15 is 0 Å². The quantitative estimate of drug-likeness (QED) is 0.689. The number of benzene rings is 1. The van der Waals surface area contributed by atoms with Crippen LogP contribution in [0.5, 0.6) is 0 Å². The molecule has 19 heavy (non-hydrogen) atoms. The molecular formula is C14H24N4O. The second kappa shape index (κ2) is 7.63. The van der Waals surface area contributed by atoms with Crippen molar-refractivity contribution in [1.29, 1.82) is 0 Å². The highest BCUT2D eigenvalue weighted by atomic mass is 16.2. The number of nitrogens with one attached hydrogen (secondary N) is 2. The van der Waals surface area contributed by atoms with E-state index in [1.807, 2.05) is 6.07 Å². The Labute approximate surface area is 115 Å². The van der Waals surface area contributed by atoms with Crippen molar-refractivity contribution in [2.45, 2.75) is 26.3 Å². The number of rotatable bonds is 6. The zero-order valence-electron chi connectivity index (χ0n) is 11.9. The summed E-state index contributed by atoms with van der Waals surface area (Å²) in [4.78, 5) is 13.9. The van der Waals surface area contributed by atoms with Gasteiger partial charge in [0, 0.05) is 30.5 Å². The summed E-state index contributed by atoms with van der Waals surface area (Å²) in [5, 5.41) is 5.58. The van der Waals surface area contributed by atoms with Crippen molar-refractivity contribution in [3.05, 3.63) is 24.3 Å². The van der Waals surface area contributed by atoms with Gasteiger partial charge in [-0.15, -0.1) is 0 Å². The van der Waals surface area contributed by atoms with Gasteiger partial charge in [-0.3, -0.25) is 0 Å². The summed E-state index contributed by atoms with van der Waals surface area (Å²) in [7, 11) is 2.06. The molecule has 5 nitrogen and oxygen atoms in total. The number of carbonyl (C=O) groups excluding carboxylic acids is 1. The predicted octanol–water partition coefficient (Wildman–Crippen LogP) is 2.12. The molecule has 106 valence electrons. The third-order valence-electron chi connectivity index (χ3n) is 3.24.